The van der Waals surface area contributed by atoms with Gasteiger partial charge in [0.25, 0.3) is 0 Å². The van der Waals surface area contributed by atoms with Crippen molar-refractivity contribution in [3.8, 4) is 0 Å². The van der Waals surface area contributed by atoms with Gasteiger partial charge in [0.15, 0.2) is 5.13 Å². The van der Waals surface area contributed by atoms with Crippen LogP contribution in [-0.2, 0) is 12.0 Å². The summed E-state index contributed by atoms with van der Waals surface area (Å²) in [7, 11) is 0. The molecule has 0 aromatic carbocycles. The first-order chi connectivity index (χ1) is 9.38. The van der Waals surface area contributed by atoms with E-state index in [-0.39, 0.29) is 5.41 Å². The molecule has 0 radical (unpaired) electrons. The fraction of sp³-hybridized carbons (Fsp3) is 0.800. The minimum absolute atomic E-state index is 0.118. The minimum atomic E-state index is 0.118. The highest BCUT2D eigenvalue weighted by molar-refractivity contribution is 7.99. The number of nitrogens with zero attached hydrogens (tertiary/aromatic N) is 2. The van der Waals surface area contributed by atoms with Crippen molar-refractivity contribution >= 4 is 28.2 Å². The van der Waals surface area contributed by atoms with Crippen LogP contribution in [0, 0.1) is 0 Å². The van der Waals surface area contributed by atoms with E-state index < -0.39 is 0 Å². The van der Waals surface area contributed by atoms with Gasteiger partial charge < -0.3 is 10.2 Å². The Balaban J connectivity index is 2.21. The lowest BCUT2D eigenvalue weighted by atomic mass is 9.91. The van der Waals surface area contributed by atoms with Crippen LogP contribution < -0.4 is 10.2 Å². The fourth-order valence-electron chi connectivity index (χ4n) is 2.23. The minimum Gasteiger partial charge on any atom is -0.346 e. The molecule has 1 fully saturated rings. The van der Waals surface area contributed by atoms with Gasteiger partial charge in [0, 0.05) is 47.5 Å². The van der Waals surface area contributed by atoms with Crippen molar-refractivity contribution < 1.29 is 0 Å². The molecule has 114 valence electrons. The Bertz CT molecular complexity index is 429. The second-order valence-electron chi connectivity index (χ2n) is 6.65. The molecule has 1 aromatic rings. The van der Waals surface area contributed by atoms with E-state index in [1.807, 2.05) is 23.1 Å². The van der Waals surface area contributed by atoms with Gasteiger partial charge in [0.1, 0.15) is 0 Å². The van der Waals surface area contributed by atoms with Crippen molar-refractivity contribution in [2.75, 3.05) is 29.5 Å². The number of nitrogens with one attached hydrogen (secondary N) is 1. The van der Waals surface area contributed by atoms with E-state index in [4.69, 9.17) is 4.98 Å². The summed E-state index contributed by atoms with van der Waals surface area (Å²) in [6, 6.07) is 0.514. The van der Waals surface area contributed by atoms with Crippen LogP contribution in [-0.4, -0.2) is 35.6 Å². The second kappa shape index (κ2) is 6.67. The Hall–Kier alpha value is -0.260. The van der Waals surface area contributed by atoms with Gasteiger partial charge >= 0.3 is 0 Å². The summed E-state index contributed by atoms with van der Waals surface area (Å²) < 4.78 is 0. The first kappa shape index (κ1) is 16.1. The molecule has 0 aliphatic carbocycles. The van der Waals surface area contributed by atoms with E-state index in [2.05, 4.69) is 44.8 Å². The summed E-state index contributed by atoms with van der Waals surface area (Å²) in [5.41, 5.74) is 1.39. The molecule has 2 rings (SSSR count). The third-order valence-corrected chi connectivity index (χ3v) is 5.41. The third kappa shape index (κ3) is 4.12. The highest BCUT2D eigenvalue weighted by Gasteiger charge is 2.25. The molecule has 3 nitrogen and oxygen atoms in total. The predicted octanol–water partition coefficient (Wildman–Crippen LogP) is 3.49. The van der Waals surface area contributed by atoms with Gasteiger partial charge in [-0.25, -0.2) is 4.98 Å². The molecular weight excluding hydrogens is 286 g/mol. The molecule has 0 unspecified atom stereocenters. The normalized spacial score (nSPS) is 17.0. The van der Waals surface area contributed by atoms with Gasteiger partial charge in [-0.05, 0) is 0 Å². The van der Waals surface area contributed by atoms with E-state index in [1.54, 1.807) is 0 Å². The van der Waals surface area contributed by atoms with Crippen LogP contribution in [0.25, 0.3) is 0 Å². The van der Waals surface area contributed by atoms with Gasteiger partial charge in [-0.3, -0.25) is 0 Å². The summed E-state index contributed by atoms with van der Waals surface area (Å²) in [5.74, 6) is 2.45. The lowest BCUT2D eigenvalue weighted by Gasteiger charge is -2.25. The lowest BCUT2D eigenvalue weighted by Crippen LogP contribution is -2.32. The Morgan fingerprint density at radius 1 is 1.25 bits per heavy atom. The first-order valence-electron chi connectivity index (χ1n) is 7.44. The van der Waals surface area contributed by atoms with Crippen molar-refractivity contribution in [3.05, 3.63) is 10.6 Å². The molecular formula is C15H27N3S2. The predicted molar refractivity (Wildman–Crippen MR) is 92.3 cm³/mol. The molecule has 0 atom stereocenters. The van der Waals surface area contributed by atoms with Gasteiger partial charge in [-0.2, -0.15) is 11.8 Å². The van der Waals surface area contributed by atoms with Crippen LogP contribution >= 0.6 is 23.1 Å². The summed E-state index contributed by atoms with van der Waals surface area (Å²) in [6.07, 6.45) is 0. The summed E-state index contributed by atoms with van der Waals surface area (Å²) in [5, 5.41) is 4.76. The summed E-state index contributed by atoms with van der Waals surface area (Å²) in [4.78, 5) is 8.83. The standard InChI is InChI=1S/C15H27N3S2/c1-11(2)16-10-12-13(15(3,4)5)17-14(20-12)18-6-8-19-9-7-18/h11,16H,6-10H2,1-5H3. The number of thioether (sulfide) groups is 1. The monoisotopic (exact) mass is 313 g/mol. The molecule has 0 bridgehead atoms. The van der Waals surface area contributed by atoms with Crippen LogP contribution in [0.5, 0.6) is 0 Å². The Labute approximate surface area is 131 Å². The van der Waals surface area contributed by atoms with E-state index in [0.29, 0.717) is 6.04 Å². The summed E-state index contributed by atoms with van der Waals surface area (Å²) >= 11 is 3.92. The molecule has 1 saturated heterocycles. The molecule has 0 amide bonds. The van der Waals surface area contributed by atoms with E-state index in [9.17, 15) is 0 Å². The molecule has 5 heteroatoms. The number of rotatable bonds is 4. The largest absolute Gasteiger partial charge is 0.346 e. The van der Waals surface area contributed by atoms with Crippen LogP contribution in [0.2, 0.25) is 0 Å². The highest BCUT2D eigenvalue weighted by Crippen LogP contribution is 2.34. The van der Waals surface area contributed by atoms with E-state index in [1.165, 1.54) is 27.2 Å². The van der Waals surface area contributed by atoms with E-state index in [0.717, 1.165) is 19.6 Å². The zero-order chi connectivity index (χ0) is 14.8. The van der Waals surface area contributed by atoms with Crippen molar-refractivity contribution in [2.24, 2.45) is 0 Å². The first-order valence-corrected chi connectivity index (χ1v) is 9.41. The molecule has 1 N–H and O–H groups in total. The quantitative estimate of drug-likeness (QED) is 0.921. The molecule has 20 heavy (non-hydrogen) atoms. The van der Waals surface area contributed by atoms with Crippen molar-refractivity contribution in [1.29, 1.82) is 0 Å². The van der Waals surface area contributed by atoms with Crippen LogP contribution in [0.3, 0.4) is 0 Å². The Morgan fingerprint density at radius 3 is 2.45 bits per heavy atom. The molecule has 2 heterocycles. The zero-order valence-electron chi connectivity index (χ0n) is 13.3. The average Bonchev–Trinajstić information content (AvgIpc) is 2.81. The fourth-order valence-corrected chi connectivity index (χ4v) is 4.41. The van der Waals surface area contributed by atoms with Crippen LogP contribution in [0.4, 0.5) is 5.13 Å². The number of hydrogen-bond donors (Lipinski definition) is 1. The molecule has 1 aromatic heterocycles. The molecule has 1 aliphatic rings. The van der Waals surface area contributed by atoms with Gasteiger partial charge in [0.05, 0.1) is 5.69 Å². The maximum absolute atomic E-state index is 4.98. The topological polar surface area (TPSA) is 28.2 Å². The Morgan fingerprint density at radius 2 is 1.90 bits per heavy atom. The number of aromatic nitrogens is 1. The smallest absolute Gasteiger partial charge is 0.185 e. The second-order valence-corrected chi connectivity index (χ2v) is 8.94. The number of anilines is 1. The molecule has 1 aliphatic heterocycles. The number of hydrogen-bond acceptors (Lipinski definition) is 5. The lowest BCUT2D eigenvalue weighted by molar-refractivity contribution is 0.545. The van der Waals surface area contributed by atoms with Crippen molar-refractivity contribution in [1.82, 2.24) is 10.3 Å². The van der Waals surface area contributed by atoms with Crippen LogP contribution in [0.15, 0.2) is 0 Å². The van der Waals surface area contributed by atoms with E-state index >= 15 is 0 Å². The highest BCUT2D eigenvalue weighted by atomic mass is 32.2. The van der Waals surface area contributed by atoms with Gasteiger partial charge in [-0.15, -0.1) is 11.3 Å². The zero-order valence-corrected chi connectivity index (χ0v) is 15.0. The van der Waals surface area contributed by atoms with Crippen LogP contribution in [0.1, 0.15) is 45.2 Å². The maximum atomic E-state index is 4.98. The Kier molecular flexibility index (Phi) is 5.37. The number of thiazole rings is 1. The maximum Gasteiger partial charge on any atom is 0.185 e. The SMILES string of the molecule is CC(C)NCc1sc(N2CCSCC2)nc1C(C)(C)C. The van der Waals surface area contributed by atoms with Crippen molar-refractivity contribution in [3.63, 3.8) is 0 Å². The van der Waals surface area contributed by atoms with Crippen molar-refractivity contribution in [2.45, 2.75) is 52.6 Å². The molecule has 0 spiro atoms. The average molecular weight is 314 g/mol. The third-order valence-electron chi connectivity index (χ3n) is 3.35. The van der Waals surface area contributed by atoms with Gasteiger partial charge in [-0.1, -0.05) is 34.6 Å². The summed E-state index contributed by atoms with van der Waals surface area (Å²) in [6.45, 7) is 14.4. The molecule has 0 saturated carbocycles. The van der Waals surface area contributed by atoms with Gasteiger partial charge in [0.2, 0.25) is 0 Å².